The van der Waals surface area contributed by atoms with Gasteiger partial charge < -0.3 is 5.32 Å². The second-order valence-electron chi connectivity index (χ2n) is 3.06. The Morgan fingerprint density at radius 3 is 2.85 bits per heavy atom. The molecule has 0 heterocycles. The van der Waals surface area contributed by atoms with E-state index in [2.05, 4.69) is 5.32 Å². The monoisotopic (exact) mass is 199 g/mol. The molecule has 1 aliphatic rings. The highest BCUT2D eigenvalue weighted by atomic mass is 35.5. The van der Waals surface area contributed by atoms with E-state index in [9.17, 15) is 4.79 Å². The normalized spacial score (nSPS) is 16.2. The van der Waals surface area contributed by atoms with E-state index in [-0.39, 0.29) is 5.91 Å². The minimum atomic E-state index is 0.0438. The molecule has 3 heteroatoms. The lowest BCUT2D eigenvalue weighted by molar-refractivity contribution is -0.117. The summed E-state index contributed by atoms with van der Waals surface area (Å²) in [6, 6.07) is 0. The summed E-state index contributed by atoms with van der Waals surface area (Å²) in [5, 5.41) is 3.66. The number of halogens is 1. The average molecular weight is 200 g/mol. The fourth-order valence-electron chi connectivity index (χ4n) is 1.15. The first kappa shape index (κ1) is 10.3. The topological polar surface area (TPSA) is 29.1 Å². The van der Waals surface area contributed by atoms with Gasteiger partial charge >= 0.3 is 0 Å². The number of hydrogen-bond donors (Lipinski definition) is 1. The molecule has 1 rings (SSSR count). The van der Waals surface area contributed by atoms with Gasteiger partial charge in [0.2, 0.25) is 5.91 Å². The molecule has 0 atom stereocenters. The van der Waals surface area contributed by atoms with E-state index in [1.54, 1.807) is 12.2 Å². The Morgan fingerprint density at radius 2 is 2.31 bits per heavy atom. The zero-order chi connectivity index (χ0) is 9.68. The van der Waals surface area contributed by atoms with Crippen LogP contribution in [0.5, 0.6) is 0 Å². The molecule has 1 N–H and O–H groups in total. The Bertz CT molecular complexity index is 256. The molecular weight excluding hydrogens is 186 g/mol. The molecule has 1 amide bonds. The number of carbonyl (C=O) groups excluding carboxylic acids is 1. The van der Waals surface area contributed by atoms with Crippen LogP contribution in [-0.4, -0.2) is 12.5 Å². The van der Waals surface area contributed by atoms with Crippen LogP contribution in [-0.2, 0) is 4.79 Å². The predicted molar refractivity (Wildman–Crippen MR) is 54.6 cm³/mol. The molecule has 0 saturated heterocycles. The van der Waals surface area contributed by atoms with Crippen LogP contribution < -0.4 is 5.32 Å². The van der Waals surface area contributed by atoms with Gasteiger partial charge in [-0.05, 0) is 25.3 Å². The molecule has 1 aliphatic carbocycles. The molecule has 0 spiro atoms. The van der Waals surface area contributed by atoms with E-state index in [1.165, 1.54) is 0 Å². The Hall–Kier alpha value is -0.760. The standard InChI is InChI=1S/C10H14ClNO/c1-2-7-12-10(13)8-3-5-9(11)6-4-8/h3,5H,2,4,6-7H2,1H3,(H,12,13). The van der Waals surface area contributed by atoms with E-state index >= 15 is 0 Å². The van der Waals surface area contributed by atoms with Gasteiger partial charge in [-0.3, -0.25) is 4.79 Å². The first-order valence-corrected chi connectivity index (χ1v) is 4.95. The van der Waals surface area contributed by atoms with E-state index in [1.807, 2.05) is 6.92 Å². The summed E-state index contributed by atoms with van der Waals surface area (Å²) in [7, 11) is 0. The molecule has 0 aliphatic heterocycles. The van der Waals surface area contributed by atoms with Gasteiger partial charge in [0, 0.05) is 17.2 Å². The lowest BCUT2D eigenvalue weighted by Gasteiger charge is -2.10. The summed E-state index contributed by atoms with van der Waals surface area (Å²) in [5.41, 5.74) is 0.831. The Kier molecular flexibility index (Phi) is 4.03. The van der Waals surface area contributed by atoms with Crippen LogP contribution in [0.4, 0.5) is 0 Å². The SMILES string of the molecule is CCCNC(=O)C1=CC=C(Cl)CC1. The third-order valence-corrected chi connectivity index (χ3v) is 2.24. The van der Waals surface area contributed by atoms with Crippen molar-refractivity contribution in [3.63, 3.8) is 0 Å². The molecule has 0 unspecified atom stereocenters. The molecule has 72 valence electrons. The molecule has 0 fully saturated rings. The van der Waals surface area contributed by atoms with Gasteiger partial charge in [-0.15, -0.1) is 0 Å². The van der Waals surface area contributed by atoms with Crippen LogP contribution in [0.15, 0.2) is 22.8 Å². The largest absolute Gasteiger partial charge is 0.352 e. The highest BCUT2D eigenvalue weighted by Gasteiger charge is 2.11. The predicted octanol–water partition coefficient (Wildman–Crippen LogP) is 2.36. The van der Waals surface area contributed by atoms with Crippen LogP contribution >= 0.6 is 11.6 Å². The lowest BCUT2D eigenvalue weighted by atomic mass is 10.0. The number of nitrogens with one attached hydrogen (secondary N) is 1. The lowest BCUT2D eigenvalue weighted by Crippen LogP contribution is -2.26. The smallest absolute Gasteiger partial charge is 0.247 e. The van der Waals surface area contributed by atoms with Crippen LogP contribution in [0, 0.1) is 0 Å². The van der Waals surface area contributed by atoms with Crippen molar-refractivity contribution in [2.75, 3.05) is 6.54 Å². The zero-order valence-electron chi connectivity index (χ0n) is 7.77. The summed E-state index contributed by atoms with van der Waals surface area (Å²) in [5.74, 6) is 0.0438. The summed E-state index contributed by atoms with van der Waals surface area (Å²) in [6.45, 7) is 2.78. The van der Waals surface area contributed by atoms with Gasteiger partial charge in [0.05, 0.1) is 0 Å². The second-order valence-corrected chi connectivity index (χ2v) is 3.55. The second kappa shape index (κ2) is 5.07. The highest BCUT2D eigenvalue weighted by Crippen LogP contribution is 2.20. The number of carbonyl (C=O) groups is 1. The van der Waals surface area contributed by atoms with E-state index in [0.29, 0.717) is 0 Å². The van der Waals surface area contributed by atoms with Crippen molar-refractivity contribution in [2.24, 2.45) is 0 Å². The third-order valence-electron chi connectivity index (χ3n) is 1.93. The van der Waals surface area contributed by atoms with Crippen LogP contribution in [0.1, 0.15) is 26.2 Å². The summed E-state index contributed by atoms with van der Waals surface area (Å²) in [4.78, 5) is 11.4. The maximum absolute atomic E-state index is 11.4. The Morgan fingerprint density at radius 1 is 1.54 bits per heavy atom. The maximum atomic E-state index is 11.4. The van der Waals surface area contributed by atoms with Crippen LogP contribution in [0.3, 0.4) is 0 Å². The first-order valence-electron chi connectivity index (χ1n) is 4.57. The first-order chi connectivity index (χ1) is 6.24. The van der Waals surface area contributed by atoms with Gasteiger partial charge in [-0.1, -0.05) is 24.6 Å². The Balaban J connectivity index is 2.48. The van der Waals surface area contributed by atoms with Crippen molar-refractivity contribution < 1.29 is 4.79 Å². The highest BCUT2D eigenvalue weighted by molar-refractivity contribution is 6.29. The van der Waals surface area contributed by atoms with Crippen LogP contribution in [0.25, 0.3) is 0 Å². The van der Waals surface area contributed by atoms with E-state index in [0.717, 1.165) is 36.4 Å². The molecule has 0 aromatic rings. The van der Waals surface area contributed by atoms with Gasteiger partial charge in [0.25, 0.3) is 0 Å². The number of allylic oxidation sites excluding steroid dienone is 3. The quantitative estimate of drug-likeness (QED) is 0.743. The van der Waals surface area contributed by atoms with Gasteiger partial charge in [0.15, 0.2) is 0 Å². The summed E-state index contributed by atoms with van der Waals surface area (Å²) >= 11 is 5.78. The fraction of sp³-hybridized carbons (Fsp3) is 0.500. The molecule has 0 radical (unpaired) electrons. The number of rotatable bonds is 3. The van der Waals surface area contributed by atoms with Crippen molar-refractivity contribution in [3.05, 3.63) is 22.8 Å². The number of amides is 1. The molecule has 0 bridgehead atoms. The van der Waals surface area contributed by atoms with Crippen LogP contribution in [0.2, 0.25) is 0 Å². The van der Waals surface area contributed by atoms with Gasteiger partial charge in [-0.25, -0.2) is 0 Å². The van der Waals surface area contributed by atoms with Crippen molar-refractivity contribution in [3.8, 4) is 0 Å². The third kappa shape index (κ3) is 3.23. The molecule has 2 nitrogen and oxygen atoms in total. The van der Waals surface area contributed by atoms with Crippen molar-refractivity contribution in [1.29, 1.82) is 0 Å². The average Bonchev–Trinajstić information content (AvgIpc) is 2.15. The molecular formula is C10H14ClNO. The maximum Gasteiger partial charge on any atom is 0.247 e. The molecule has 0 aromatic carbocycles. The minimum absolute atomic E-state index is 0.0438. The van der Waals surface area contributed by atoms with E-state index < -0.39 is 0 Å². The number of hydrogen-bond acceptors (Lipinski definition) is 1. The molecule has 13 heavy (non-hydrogen) atoms. The summed E-state index contributed by atoms with van der Waals surface area (Å²) < 4.78 is 0. The fourth-order valence-corrected chi connectivity index (χ4v) is 1.31. The Labute approximate surface area is 83.7 Å². The molecule has 0 aromatic heterocycles. The molecule has 0 saturated carbocycles. The van der Waals surface area contributed by atoms with Gasteiger partial charge in [0.1, 0.15) is 0 Å². The van der Waals surface area contributed by atoms with E-state index in [4.69, 9.17) is 11.6 Å². The van der Waals surface area contributed by atoms with Crippen molar-refractivity contribution in [2.45, 2.75) is 26.2 Å². The van der Waals surface area contributed by atoms with Crippen molar-refractivity contribution >= 4 is 17.5 Å². The zero-order valence-corrected chi connectivity index (χ0v) is 8.53. The van der Waals surface area contributed by atoms with Gasteiger partial charge in [-0.2, -0.15) is 0 Å². The minimum Gasteiger partial charge on any atom is -0.352 e. The van der Waals surface area contributed by atoms with Crippen molar-refractivity contribution in [1.82, 2.24) is 5.32 Å². The summed E-state index contributed by atoms with van der Waals surface area (Å²) in [6.07, 6.45) is 6.11.